The molecule has 0 amide bonds. The van der Waals surface area contributed by atoms with Crippen LogP contribution in [0.1, 0.15) is 16.6 Å². The van der Waals surface area contributed by atoms with E-state index >= 15 is 0 Å². The summed E-state index contributed by atoms with van der Waals surface area (Å²) in [6.07, 6.45) is 3.47. The average Bonchev–Trinajstić information content (AvgIpc) is 2.73. The monoisotopic (exact) mass is 269 g/mol. The van der Waals surface area contributed by atoms with Crippen molar-refractivity contribution in [3.63, 3.8) is 0 Å². The minimum Gasteiger partial charge on any atom is -0.361 e. The molecule has 1 aliphatic heterocycles. The summed E-state index contributed by atoms with van der Waals surface area (Å²) in [6, 6.07) is 6.09. The molecule has 0 aliphatic carbocycles. The summed E-state index contributed by atoms with van der Waals surface area (Å²) in [5.74, 6) is 2.55. The molecule has 4 heteroatoms. The summed E-state index contributed by atoms with van der Waals surface area (Å²) >= 11 is 10.1. The second-order valence-corrected chi connectivity index (χ2v) is 7.02. The third-order valence-electron chi connectivity index (χ3n) is 2.76. The third kappa shape index (κ3) is 1.96. The van der Waals surface area contributed by atoms with Crippen molar-refractivity contribution in [2.24, 2.45) is 0 Å². The second kappa shape index (κ2) is 4.55. The highest BCUT2D eigenvalue weighted by Gasteiger charge is 2.19. The van der Waals surface area contributed by atoms with Crippen molar-refractivity contribution < 1.29 is 0 Å². The summed E-state index contributed by atoms with van der Waals surface area (Å²) in [7, 11) is 0. The predicted molar refractivity (Wildman–Crippen MR) is 75.6 cm³/mol. The largest absolute Gasteiger partial charge is 0.361 e. The molecule has 1 aliphatic rings. The average molecular weight is 270 g/mol. The molecule has 0 spiro atoms. The number of H-pyrrole nitrogens is 1. The molecular formula is C12H12ClNS2. The summed E-state index contributed by atoms with van der Waals surface area (Å²) in [5, 5.41) is 2.11. The Hall–Kier alpha value is -0.250. The SMILES string of the molecule is Clc1ccc2c(C3SCCCS3)c[nH]c2c1. The van der Waals surface area contributed by atoms with Gasteiger partial charge < -0.3 is 4.98 Å². The van der Waals surface area contributed by atoms with Gasteiger partial charge in [-0.25, -0.2) is 0 Å². The number of nitrogens with one attached hydrogen (secondary N) is 1. The normalized spacial score (nSPS) is 18.1. The van der Waals surface area contributed by atoms with Crippen molar-refractivity contribution in [2.75, 3.05) is 11.5 Å². The quantitative estimate of drug-likeness (QED) is 0.808. The maximum Gasteiger partial charge on any atom is 0.0771 e. The lowest BCUT2D eigenvalue weighted by Gasteiger charge is -2.20. The molecule has 2 heterocycles. The Balaban J connectivity index is 2.03. The molecule has 1 aromatic heterocycles. The highest BCUT2D eigenvalue weighted by molar-refractivity contribution is 8.16. The Labute approximate surface area is 108 Å². The molecule has 2 aromatic rings. The highest BCUT2D eigenvalue weighted by atomic mass is 35.5. The summed E-state index contributed by atoms with van der Waals surface area (Å²) in [5.41, 5.74) is 2.57. The van der Waals surface area contributed by atoms with Crippen LogP contribution in [0.3, 0.4) is 0 Å². The van der Waals surface area contributed by atoms with Crippen molar-refractivity contribution in [1.82, 2.24) is 4.98 Å². The number of rotatable bonds is 1. The van der Waals surface area contributed by atoms with E-state index in [0.29, 0.717) is 4.58 Å². The Morgan fingerprint density at radius 1 is 1.25 bits per heavy atom. The van der Waals surface area contributed by atoms with Gasteiger partial charge in [0, 0.05) is 27.7 Å². The van der Waals surface area contributed by atoms with Gasteiger partial charge in [-0.15, -0.1) is 23.5 Å². The lowest BCUT2D eigenvalue weighted by atomic mass is 10.2. The van der Waals surface area contributed by atoms with E-state index in [1.165, 1.54) is 28.9 Å². The Kier molecular flexibility index (Phi) is 3.09. The molecule has 0 atom stereocenters. The van der Waals surface area contributed by atoms with Crippen LogP contribution in [0.5, 0.6) is 0 Å². The second-order valence-electron chi connectivity index (χ2n) is 3.86. The van der Waals surface area contributed by atoms with Crippen molar-refractivity contribution in [1.29, 1.82) is 0 Å². The van der Waals surface area contributed by atoms with Crippen LogP contribution in [0.15, 0.2) is 24.4 Å². The van der Waals surface area contributed by atoms with Gasteiger partial charge in [0.15, 0.2) is 0 Å². The fourth-order valence-electron chi connectivity index (χ4n) is 1.98. The number of aromatic amines is 1. The van der Waals surface area contributed by atoms with Gasteiger partial charge in [0.05, 0.1) is 4.58 Å². The molecule has 16 heavy (non-hydrogen) atoms. The van der Waals surface area contributed by atoms with E-state index in [1.807, 2.05) is 35.7 Å². The van der Waals surface area contributed by atoms with Crippen LogP contribution in [0.2, 0.25) is 5.02 Å². The molecule has 0 saturated carbocycles. The maximum absolute atomic E-state index is 5.98. The number of fused-ring (bicyclic) bond motifs is 1. The molecule has 0 bridgehead atoms. The first-order valence-electron chi connectivity index (χ1n) is 5.34. The standard InChI is InChI=1S/C12H12ClNS2/c13-8-2-3-9-10(7-14-11(9)6-8)12-15-4-1-5-16-12/h2-3,6-7,12,14H,1,4-5H2. The molecule has 1 saturated heterocycles. The molecule has 1 aromatic carbocycles. The van der Waals surface area contributed by atoms with E-state index in [1.54, 1.807) is 0 Å². The Morgan fingerprint density at radius 3 is 2.88 bits per heavy atom. The Morgan fingerprint density at radius 2 is 2.06 bits per heavy atom. The molecule has 84 valence electrons. The van der Waals surface area contributed by atoms with Crippen molar-refractivity contribution in [2.45, 2.75) is 11.0 Å². The van der Waals surface area contributed by atoms with Gasteiger partial charge >= 0.3 is 0 Å². The number of hydrogen-bond acceptors (Lipinski definition) is 2. The van der Waals surface area contributed by atoms with Crippen molar-refractivity contribution in [3.8, 4) is 0 Å². The number of aromatic nitrogens is 1. The minimum absolute atomic E-state index is 0.587. The predicted octanol–water partition coefficient (Wildman–Crippen LogP) is 4.69. The first-order chi connectivity index (χ1) is 7.84. The van der Waals surface area contributed by atoms with Crippen molar-refractivity contribution >= 4 is 46.0 Å². The van der Waals surface area contributed by atoms with Crippen LogP contribution in [0, 0.1) is 0 Å². The van der Waals surface area contributed by atoms with E-state index in [0.717, 1.165) is 10.5 Å². The van der Waals surface area contributed by atoms with E-state index in [-0.39, 0.29) is 0 Å². The molecule has 1 fully saturated rings. The summed E-state index contributed by atoms with van der Waals surface area (Å²) < 4.78 is 0.587. The fraction of sp³-hybridized carbons (Fsp3) is 0.333. The van der Waals surface area contributed by atoms with Crippen molar-refractivity contribution in [3.05, 3.63) is 35.0 Å². The van der Waals surface area contributed by atoms with Crippen LogP contribution in [0.25, 0.3) is 10.9 Å². The van der Waals surface area contributed by atoms with Gasteiger partial charge in [-0.2, -0.15) is 0 Å². The summed E-state index contributed by atoms with van der Waals surface area (Å²) in [4.78, 5) is 3.32. The fourth-order valence-corrected chi connectivity index (χ4v) is 5.10. The molecule has 3 rings (SSSR count). The minimum atomic E-state index is 0.587. The highest BCUT2D eigenvalue weighted by Crippen LogP contribution is 2.45. The van der Waals surface area contributed by atoms with Gasteiger partial charge in [0.2, 0.25) is 0 Å². The molecule has 0 unspecified atom stereocenters. The Bertz CT molecular complexity index is 503. The first kappa shape index (κ1) is 10.9. The zero-order valence-electron chi connectivity index (χ0n) is 8.70. The van der Waals surface area contributed by atoms with Gasteiger partial charge in [0.25, 0.3) is 0 Å². The third-order valence-corrected chi connectivity index (χ3v) is 5.97. The number of halogens is 1. The zero-order valence-corrected chi connectivity index (χ0v) is 11.1. The van der Waals surface area contributed by atoms with Crippen LogP contribution in [-0.4, -0.2) is 16.5 Å². The van der Waals surface area contributed by atoms with Crippen LogP contribution in [-0.2, 0) is 0 Å². The molecule has 1 nitrogen and oxygen atoms in total. The van der Waals surface area contributed by atoms with Crippen LogP contribution in [0.4, 0.5) is 0 Å². The van der Waals surface area contributed by atoms with E-state index in [2.05, 4.69) is 17.2 Å². The molecule has 0 radical (unpaired) electrons. The van der Waals surface area contributed by atoms with Gasteiger partial charge in [-0.1, -0.05) is 17.7 Å². The molecule has 1 N–H and O–H groups in total. The number of thioether (sulfide) groups is 2. The van der Waals surface area contributed by atoms with E-state index in [9.17, 15) is 0 Å². The zero-order chi connectivity index (χ0) is 11.0. The number of hydrogen-bond donors (Lipinski definition) is 1. The van der Waals surface area contributed by atoms with Gasteiger partial charge in [-0.3, -0.25) is 0 Å². The van der Waals surface area contributed by atoms with Crippen LogP contribution >= 0.6 is 35.1 Å². The molecular weight excluding hydrogens is 258 g/mol. The van der Waals surface area contributed by atoms with Gasteiger partial charge in [-0.05, 0) is 30.1 Å². The maximum atomic E-state index is 5.98. The lowest BCUT2D eigenvalue weighted by molar-refractivity contribution is 1.10. The van der Waals surface area contributed by atoms with E-state index in [4.69, 9.17) is 11.6 Å². The number of benzene rings is 1. The first-order valence-corrected chi connectivity index (χ1v) is 7.82. The van der Waals surface area contributed by atoms with Crippen LogP contribution < -0.4 is 0 Å². The van der Waals surface area contributed by atoms with Gasteiger partial charge in [0.1, 0.15) is 0 Å². The topological polar surface area (TPSA) is 15.8 Å². The smallest absolute Gasteiger partial charge is 0.0771 e. The van der Waals surface area contributed by atoms with E-state index < -0.39 is 0 Å². The summed E-state index contributed by atoms with van der Waals surface area (Å²) in [6.45, 7) is 0. The lowest BCUT2D eigenvalue weighted by Crippen LogP contribution is -1.99.